The van der Waals surface area contributed by atoms with Crippen LogP contribution in [0.1, 0.15) is 30.7 Å². The Bertz CT molecular complexity index is 1080. The van der Waals surface area contributed by atoms with Gasteiger partial charge in [-0.15, -0.1) is 0 Å². The Hall–Kier alpha value is -2.99. The molecule has 0 spiro atoms. The van der Waals surface area contributed by atoms with Gasteiger partial charge in [0.05, 0.1) is 28.8 Å². The van der Waals surface area contributed by atoms with Gasteiger partial charge in [-0.2, -0.15) is 0 Å². The first kappa shape index (κ1) is 22.7. The molecule has 1 heterocycles. The quantitative estimate of drug-likeness (QED) is 0.507. The van der Waals surface area contributed by atoms with E-state index in [0.29, 0.717) is 13.1 Å². The monoisotopic (exact) mass is 436 g/mol. The summed E-state index contributed by atoms with van der Waals surface area (Å²) in [6, 6.07) is 22.4. The van der Waals surface area contributed by atoms with Crippen molar-refractivity contribution in [2.45, 2.75) is 43.4 Å². The van der Waals surface area contributed by atoms with Crippen molar-refractivity contribution in [1.29, 1.82) is 0 Å². The number of rotatable bonds is 9. The third-order valence-electron chi connectivity index (χ3n) is 5.17. The Kier molecular flexibility index (Phi) is 7.58. The van der Waals surface area contributed by atoms with Gasteiger partial charge in [0.15, 0.2) is 9.84 Å². The van der Waals surface area contributed by atoms with Crippen molar-refractivity contribution < 1.29 is 13.2 Å². The summed E-state index contributed by atoms with van der Waals surface area (Å²) >= 11 is 0. The van der Waals surface area contributed by atoms with E-state index in [1.807, 2.05) is 41.3 Å². The summed E-state index contributed by atoms with van der Waals surface area (Å²) in [5.74, 6) is -0.0129. The fourth-order valence-corrected chi connectivity index (χ4v) is 4.30. The molecule has 162 valence electrons. The van der Waals surface area contributed by atoms with Crippen LogP contribution in [0.25, 0.3) is 0 Å². The first-order chi connectivity index (χ1) is 14.9. The molecule has 0 N–H and O–H groups in total. The Morgan fingerprint density at radius 3 is 2.19 bits per heavy atom. The molecule has 0 unspecified atom stereocenters. The average molecular weight is 437 g/mol. The van der Waals surface area contributed by atoms with Crippen LogP contribution in [-0.4, -0.2) is 36.0 Å². The highest BCUT2D eigenvalue weighted by atomic mass is 32.2. The van der Waals surface area contributed by atoms with Crippen LogP contribution in [0, 0.1) is 0 Å². The van der Waals surface area contributed by atoms with Gasteiger partial charge in [0.1, 0.15) is 0 Å². The lowest BCUT2D eigenvalue weighted by atomic mass is 10.1. The molecule has 5 nitrogen and oxygen atoms in total. The van der Waals surface area contributed by atoms with Crippen LogP contribution in [0.15, 0.2) is 83.9 Å². The van der Waals surface area contributed by atoms with E-state index in [0.717, 1.165) is 17.7 Å². The van der Waals surface area contributed by atoms with Crippen LogP contribution in [0.5, 0.6) is 0 Å². The first-order valence-electron chi connectivity index (χ1n) is 10.4. The molecular weight excluding hydrogens is 408 g/mol. The van der Waals surface area contributed by atoms with Gasteiger partial charge >= 0.3 is 0 Å². The topological polar surface area (TPSA) is 67.3 Å². The van der Waals surface area contributed by atoms with Crippen LogP contribution in [0.2, 0.25) is 0 Å². The highest BCUT2D eigenvalue weighted by Gasteiger charge is 2.20. The molecule has 6 heteroatoms. The maximum atomic E-state index is 13.1. The average Bonchev–Trinajstić information content (AvgIpc) is 2.78. The molecule has 31 heavy (non-hydrogen) atoms. The van der Waals surface area contributed by atoms with Crippen molar-refractivity contribution >= 4 is 15.7 Å². The smallest absolute Gasteiger partial charge is 0.227 e. The molecule has 3 rings (SSSR count). The number of aromatic nitrogens is 1. The SMILES string of the molecule is CC(C)S(=O)(=O)c1ccc(CC(=O)N(CCc2ccccc2)Cc2ccccn2)cc1. The highest BCUT2D eigenvalue weighted by molar-refractivity contribution is 7.92. The number of hydrogen-bond donors (Lipinski definition) is 0. The second-order valence-electron chi connectivity index (χ2n) is 7.79. The zero-order valence-electron chi connectivity index (χ0n) is 17.9. The van der Waals surface area contributed by atoms with E-state index >= 15 is 0 Å². The number of hydrogen-bond acceptors (Lipinski definition) is 4. The molecule has 0 aliphatic heterocycles. The number of carbonyl (C=O) groups excluding carboxylic acids is 1. The molecule has 1 aromatic heterocycles. The maximum absolute atomic E-state index is 13.1. The molecule has 0 radical (unpaired) electrons. The van der Waals surface area contributed by atoms with Gasteiger partial charge < -0.3 is 4.90 Å². The number of carbonyl (C=O) groups is 1. The van der Waals surface area contributed by atoms with Crippen LogP contribution in [0.4, 0.5) is 0 Å². The summed E-state index contributed by atoms with van der Waals surface area (Å²) in [6.07, 6.45) is 2.69. The molecular formula is C25H28N2O3S. The van der Waals surface area contributed by atoms with E-state index in [-0.39, 0.29) is 17.2 Å². The van der Waals surface area contributed by atoms with Gasteiger partial charge in [-0.3, -0.25) is 9.78 Å². The minimum Gasteiger partial charge on any atom is -0.336 e. The summed E-state index contributed by atoms with van der Waals surface area (Å²) in [5, 5.41) is -0.480. The molecule has 0 fully saturated rings. The number of pyridine rings is 1. The number of amides is 1. The summed E-state index contributed by atoms with van der Waals surface area (Å²) in [6.45, 7) is 4.34. The lowest BCUT2D eigenvalue weighted by Crippen LogP contribution is -2.34. The maximum Gasteiger partial charge on any atom is 0.227 e. The Morgan fingerprint density at radius 1 is 0.903 bits per heavy atom. The van der Waals surface area contributed by atoms with Gasteiger partial charge in [-0.1, -0.05) is 48.5 Å². The fourth-order valence-electron chi connectivity index (χ4n) is 3.24. The van der Waals surface area contributed by atoms with Crippen molar-refractivity contribution in [1.82, 2.24) is 9.88 Å². The summed E-state index contributed by atoms with van der Waals surface area (Å²) in [7, 11) is -3.32. The van der Waals surface area contributed by atoms with Gasteiger partial charge in [0.2, 0.25) is 5.91 Å². The molecule has 3 aromatic rings. The second kappa shape index (κ2) is 10.4. The lowest BCUT2D eigenvalue weighted by molar-refractivity contribution is -0.131. The highest BCUT2D eigenvalue weighted by Crippen LogP contribution is 2.17. The predicted octanol–water partition coefficient (Wildman–Crippen LogP) is 4.08. The molecule has 1 amide bonds. The molecule has 0 saturated carbocycles. The Labute approximate surface area is 184 Å². The van der Waals surface area contributed by atoms with Crippen LogP contribution >= 0.6 is 0 Å². The molecule has 0 bridgehead atoms. The second-order valence-corrected chi connectivity index (χ2v) is 10.3. The van der Waals surface area contributed by atoms with Crippen molar-refractivity contribution in [3.8, 4) is 0 Å². The van der Waals surface area contributed by atoms with Gasteiger partial charge in [-0.25, -0.2) is 8.42 Å². The normalized spacial score (nSPS) is 11.5. The van der Waals surface area contributed by atoms with E-state index in [4.69, 9.17) is 0 Å². The van der Waals surface area contributed by atoms with Gasteiger partial charge in [0, 0.05) is 12.7 Å². The van der Waals surface area contributed by atoms with E-state index in [1.54, 1.807) is 44.3 Å². The van der Waals surface area contributed by atoms with E-state index in [1.165, 1.54) is 5.56 Å². The summed E-state index contributed by atoms with van der Waals surface area (Å²) in [4.78, 5) is 19.6. The van der Waals surface area contributed by atoms with Crippen molar-refractivity contribution in [2.75, 3.05) is 6.54 Å². The van der Waals surface area contributed by atoms with Crippen LogP contribution in [0.3, 0.4) is 0 Å². The minimum absolute atomic E-state index is 0.0129. The van der Waals surface area contributed by atoms with Crippen LogP contribution < -0.4 is 0 Å². The summed E-state index contributed by atoms with van der Waals surface area (Å²) < 4.78 is 24.6. The number of sulfone groups is 1. The number of nitrogens with zero attached hydrogens (tertiary/aromatic N) is 2. The van der Waals surface area contributed by atoms with Gasteiger partial charge in [0.25, 0.3) is 0 Å². The van der Waals surface area contributed by atoms with Gasteiger partial charge in [-0.05, 0) is 55.7 Å². The lowest BCUT2D eigenvalue weighted by Gasteiger charge is -2.23. The third kappa shape index (κ3) is 6.25. The molecule has 2 aromatic carbocycles. The third-order valence-corrected chi connectivity index (χ3v) is 7.34. The molecule has 0 atom stereocenters. The fraction of sp³-hybridized carbons (Fsp3) is 0.280. The molecule has 0 aliphatic rings. The van der Waals surface area contributed by atoms with E-state index < -0.39 is 15.1 Å². The Morgan fingerprint density at radius 2 is 1.58 bits per heavy atom. The van der Waals surface area contributed by atoms with Crippen molar-refractivity contribution in [3.05, 3.63) is 95.8 Å². The Balaban J connectivity index is 1.72. The van der Waals surface area contributed by atoms with E-state index in [9.17, 15) is 13.2 Å². The largest absolute Gasteiger partial charge is 0.336 e. The molecule has 0 aliphatic carbocycles. The first-order valence-corrected chi connectivity index (χ1v) is 12.0. The number of benzene rings is 2. The summed E-state index contributed by atoms with van der Waals surface area (Å²) in [5.41, 5.74) is 2.80. The molecule has 0 saturated heterocycles. The zero-order chi connectivity index (χ0) is 22.3. The van der Waals surface area contributed by atoms with E-state index in [2.05, 4.69) is 17.1 Å². The van der Waals surface area contributed by atoms with Crippen LogP contribution in [-0.2, 0) is 34.0 Å². The standard InChI is InChI=1S/C25H28N2O3S/c1-20(2)31(29,30)24-13-11-22(12-14-24)18-25(28)27(19-23-10-6-7-16-26-23)17-15-21-8-4-3-5-9-21/h3-14,16,20H,15,17-19H2,1-2H3. The van der Waals surface area contributed by atoms with Crippen molar-refractivity contribution in [2.24, 2.45) is 0 Å². The van der Waals surface area contributed by atoms with Crippen molar-refractivity contribution in [3.63, 3.8) is 0 Å². The zero-order valence-corrected chi connectivity index (χ0v) is 18.8. The minimum atomic E-state index is -3.32. The predicted molar refractivity (Wildman–Crippen MR) is 122 cm³/mol.